The summed E-state index contributed by atoms with van der Waals surface area (Å²) >= 11 is 0. The minimum atomic E-state index is -3.92. The van der Waals surface area contributed by atoms with Gasteiger partial charge in [-0.15, -0.1) is 0 Å². The molecule has 8 heteroatoms. The number of rotatable bonds is 8. The van der Waals surface area contributed by atoms with Crippen LogP contribution in [-0.2, 0) is 20.2 Å². The van der Waals surface area contributed by atoms with Crippen molar-refractivity contribution >= 4 is 32.6 Å². The molecule has 0 radical (unpaired) electrons. The number of sulfonamides is 1. The van der Waals surface area contributed by atoms with Gasteiger partial charge in [0.15, 0.2) is 0 Å². The number of methoxy groups -OCH3 is 1. The van der Waals surface area contributed by atoms with Crippen molar-refractivity contribution in [2.75, 3.05) is 24.6 Å². The molecule has 0 aliphatic heterocycles. The highest BCUT2D eigenvalue weighted by Crippen LogP contribution is 2.36. The summed E-state index contributed by atoms with van der Waals surface area (Å²) in [5, 5.41) is 10.4. The minimum Gasteiger partial charge on any atom is -0.477 e. The van der Waals surface area contributed by atoms with Gasteiger partial charge in [-0.25, -0.2) is 13.2 Å². The standard InChI is InChI=1S/C28H30N2O5S/c1-28(2,3)20-10-13-22(14-11-20)36(33,34)30(16-17-35-4)21-12-15-24-23(18-21)25(26(29-24)27(31)32)19-8-6-5-7-9-19/h5-15,18,29H,16-17H2,1-4H3,(H,31,32). The van der Waals surface area contributed by atoms with Crippen molar-refractivity contribution < 1.29 is 23.1 Å². The molecule has 1 heterocycles. The van der Waals surface area contributed by atoms with Crippen LogP contribution in [0.2, 0.25) is 0 Å². The van der Waals surface area contributed by atoms with E-state index in [4.69, 9.17) is 4.74 Å². The first kappa shape index (κ1) is 25.5. The second-order valence-electron chi connectivity index (χ2n) is 9.62. The number of anilines is 1. The third-order valence-electron chi connectivity index (χ3n) is 6.15. The molecule has 0 spiro atoms. The van der Waals surface area contributed by atoms with E-state index in [1.807, 2.05) is 42.5 Å². The van der Waals surface area contributed by atoms with Crippen LogP contribution in [0.4, 0.5) is 5.69 Å². The van der Waals surface area contributed by atoms with Gasteiger partial charge in [0, 0.05) is 23.6 Å². The first-order valence-corrected chi connectivity index (χ1v) is 13.0. The number of nitrogens with zero attached hydrogens (tertiary/aromatic N) is 1. The van der Waals surface area contributed by atoms with Crippen LogP contribution < -0.4 is 4.31 Å². The molecule has 3 aromatic carbocycles. The Morgan fingerprint density at radius 1 is 1.00 bits per heavy atom. The zero-order valence-electron chi connectivity index (χ0n) is 20.8. The molecule has 4 aromatic rings. The van der Waals surface area contributed by atoms with Gasteiger partial charge in [-0.2, -0.15) is 0 Å². The minimum absolute atomic E-state index is 0.0532. The predicted molar refractivity (Wildman–Crippen MR) is 142 cm³/mol. The van der Waals surface area contributed by atoms with Gasteiger partial charge in [0.25, 0.3) is 10.0 Å². The molecule has 0 saturated carbocycles. The van der Waals surface area contributed by atoms with Gasteiger partial charge in [0.1, 0.15) is 5.69 Å². The lowest BCUT2D eigenvalue weighted by Gasteiger charge is -2.25. The zero-order valence-corrected chi connectivity index (χ0v) is 21.6. The van der Waals surface area contributed by atoms with Gasteiger partial charge < -0.3 is 14.8 Å². The van der Waals surface area contributed by atoms with Gasteiger partial charge in [-0.1, -0.05) is 63.2 Å². The van der Waals surface area contributed by atoms with Gasteiger partial charge >= 0.3 is 5.97 Å². The van der Waals surface area contributed by atoms with Crippen LogP contribution in [0.3, 0.4) is 0 Å². The number of ether oxygens (including phenoxy) is 1. The van der Waals surface area contributed by atoms with E-state index in [2.05, 4.69) is 25.8 Å². The number of aromatic carboxylic acids is 1. The van der Waals surface area contributed by atoms with Crippen molar-refractivity contribution in [3.63, 3.8) is 0 Å². The highest BCUT2D eigenvalue weighted by atomic mass is 32.2. The SMILES string of the molecule is COCCN(c1ccc2[nH]c(C(=O)O)c(-c3ccccc3)c2c1)S(=O)(=O)c1ccc(C(C)(C)C)cc1. The number of aromatic amines is 1. The maximum Gasteiger partial charge on any atom is 0.352 e. The number of benzene rings is 3. The number of carboxylic acids is 1. The lowest BCUT2D eigenvalue weighted by atomic mass is 9.87. The molecule has 0 atom stereocenters. The van der Waals surface area contributed by atoms with E-state index in [0.717, 1.165) is 11.1 Å². The van der Waals surface area contributed by atoms with Gasteiger partial charge in [0.2, 0.25) is 0 Å². The third kappa shape index (κ3) is 4.87. The summed E-state index contributed by atoms with van der Waals surface area (Å²) in [7, 11) is -2.40. The van der Waals surface area contributed by atoms with Crippen molar-refractivity contribution in [2.24, 2.45) is 0 Å². The Kier molecular flexibility index (Phi) is 6.93. The maximum atomic E-state index is 13.8. The Morgan fingerprint density at radius 2 is 1.67 bits per heavy atom. The number of hydrogen-bond donors (Lipinski definition) is 2. The van der Waals surface area contributed by atoms with Crippen molar-refractivity contribution in [2.45, 2.75) is 31.1 Å². The average molecular weight is 507 g/mol. The Balaban J connectivity index is 1.86. The zero-order chi connectivity index (χ0) is 26.1. The lowest BCUT2D eigenvalue weighted by Crippen LogP contribution is -2.34. The molecule has 0 bridgehead atoms. The monoisotopic (exact) mass is 506 g/mol. The largest absolute Gasteiger partial charge is 0.477 e. The molecular formula is C28H30N2O5S. The van der Waals surface area contributed by atoms with Crippen LogP contribution in [0.15, 0.2) is 77.7 Å². The molecule has 36 heavy (non-hydrogen) atoms. The molecule has 188 valence electrons. The van der Waals surface area contributed by atoms with E-state index < -0.39 is 16.0 Å². The topological polar surface area (TPSA) is 99.7 Å². The third-order valence-corrected chi connectivity index (χ3v) is 7.99. The number of hydrogen-bond acceptors (Lipinski definition) is 4. The maximum absolute atomic E-state index is 13.8. The Morgan fingerprint density at radius 3 is 2.25 bits per heavy atom. The van der Waals surface area contributed by atoms with Crippen molar-refractivity contribution in [3.8, 4) is 11.1 Å². The van der Waals surface area contributed by atoms with E-state index in [9.17, 15) is 18.3 Å². The molecule has 0 fully saturated rings. The van der Waals surface area contributed by atoms with E-state index >= 15 is 0 Å². The molecule has 0 aliphatic carbocycles. The predicted octanol–water partition coefficient (Wildman–Crippen LogP) is 5.67. The van der Waals surface area contributed by atoms with Crippen LogP contribution in [0.25, 0.3) is 22.0 Å². The van der Waals surface area contributed by atoms with Gasteiger partial charge in [-0.05, 0) is 46.9 Å². The summed E-state index contributed by atoms with van der Waals surface area (Å²) in [4.78, 5) is 15.2. The number of aromatic nitrogens is 1. The molecule has 0 unspecified atom stereocenters. The van der Waals surface area contributed by atoms with Crippen LogP contribution in [-0.4, -0.2) is 44.7 Å². The van der Waals surface area contributed by atoms with Crippen LogP contribution in [0.5, 0.6) is 0 Å². The number of carbonyl (C=O) groups is 1. The number of carboxylic acid groups (broad SMARTS) is 1. The number of H-pyrrole nitrogens is 1. The fourth-order valence-electron chi connectivity index (χ4n) is 4.22. The van der Waals surface area contributed by atoms with Crippen LogP contribution in [0, 0.1) is 0 Å². The van der Waals surface area contributed by atoms with Crippen molar-refractivity contribution in [1.82, 2.24) is 4.98 Å². The molecule has 4 rings (SSSR count). The fraction of sp³-hybridized carbons (Fsp3) is 0.250. The number of fused-ring (bicyclic) bond motifs is 1. The smallest absolute Gasteiger partial charge is 0.352 e. The van der Waals surface area contributed by atoms with E-state index in [1.165, 1.54) is 11.4 Å². The summed E-state index contributed by atoms with van der Waals surface area (Å²) in [5.41, 5.74) is 3.25. The van der Waals surface area contributed by atoms with Crippen molar-refractivity contribution in [3.05, 3.63) is 84.1 Å². The molecular weight excluding hydrogens is 476 g/mol. The van der Waals surface area contributed by atoms with Gasteiger partial charge in [0.05, 0.1) is 23.7 Å². The lowest BCUT2D eigenvalue weighted by molar-refractivity contribution is 0.0692. The molecule has 1 aromatic heterocycles. The molecule has 2 N–H and O–H groups in total. The van der Waals surface area contributed by atoms with Crippen molar-refractivity contribution in [1.29, 1.82) is 0 Å². The van der Waals surface area contributed by atoms with E-state index in [-0.39, 0.29) is 29.2 Å². The number of nitrogens with one attached hydrogen (secondary N) is 1. The molecule has 0 amide bonds. The Hall–Kier alpha value is -3.62. The quantitative estimate of drug-likeness (QED) is 0.321. The Labute approximate surface area is 211 Å². The summed E-state index contributed by atoms with van der Waals surface area (Å²) < 4.78 is 34.1. The normalized spacial score (nSPS) is 12.1. The summed E-state index contributed by atoms with van der Waals surface area (Å²) in [5.74, 6) is -1.09. The fourth-order valence-corrected chi connectivity index (χ4v) is 5.66. The van der Waals surface area contributed by atoms with Crippen LogP contribution in [0.1, 0.15) is 36.8 Å². The van der Waals surface area contributed by atoms with Gasteiger partial charge in [-0.3, -0.25) is 4.31 Å². The molecule has 0 saturated heterocycles. The highest BCUT2D eigenvalue weighted by molar-refractivity contribution is 7.92. The average Bonchev–Trinajstić information content (AvgIpc) is 3.23. The summed E-state index contributed by atoms with van der Waals surface area (Å²) in [6, 6.07) is 21.2. The van der Waals surface area contributed by atoms with Crippen LogP contribution >= 0.6 is 0 Å². The second kappa shape index (κ2) is 9.79. The first-order chi connectivity index (χ1) is 17.0. The first-order valence-electron chi connectivity index (χ1n) is 11.6. The molecule has 7 nitrogen and oxygen atoms in total. The summed E-state index contributed by atoms with van der Waals surface area (Å²) in [6.45, 7) is 6.51. The summed E-state index contributed by atoms with van der Waals surface area (Å²) in [6.07, 6.45) is 0. The molecule has 0 aliphatic rings. The Bertz CT molecular complexity index is 1480. The highest BCUT2D eigenvalue weighted by Gasteiger charge is 2.27. The second-order valence-corrected chi connectivity index (χ2v) is 11.5. The van der Waals surface area contributed by atoms with E-state index in [0.29, 0.717) is 22.2 Å². The van der Waals surface area contributed by atoms with E-state index in [1.54, 1.807) is 30.3 Å².